The molecule has 1 aromatic rings. The Morgan fingerprint density at radius 1 is 1.22 bits per heavy atom. The lowest BCUT2D eigenvalue weighted by Gasteiger charge is -2.50. The van der Waals surface area contributed by atoms with E-state index in [2.05, 4.69) is 4.90 Å². The lowest BCUT2D eigenvalue weighted by molar-refractivity contribution is -0.953. The van der Waals surface area contributed by atoms with Gasteiger partial charge in [0.1, 0.15) is 6.54 Å². The van der Waals surface area contributed by atoms with Gasteiger partial charge in [0, 0.05) is 25.2 Å². The van der Waals surface area contributed by atoms with Crippen LogP contribution in [0, 0.1) is 5.82 Å². The van der Waals surface area contributed by atoms with Gasteiger partial charge < -0.3 is 9.22 Å². The molecule has 3 heterocycles. The fraction of sp³-hybridized carbons (Fsp3) is 0.571. The fourth-order valence-electron chi connectivity index (χ4n) is 3.16. The van der Waals surface area contributed by atoms with Gasteiger partial charge in [-0.25, -0.2) is 4.39 Å². The van der Waals surface area contributed by atoms with E-state index in [0.717, 1.165) is 16.6 Å². The highest BCUT2D eigenvalue weighted by molar-refractivity contribution is 5.28. The Labute approximate surface area is 107 Å². The summed E-state index contributed by atoms with van der Waals surface area (Å²) in [5, 5.41) is 0. The number of piperazine rings is 3. The van der Waals surface area contributed by atoms with Gasteiger partial charge in [0.25, 0.3) is 0 Å². The Morgan fingerprint density at radius 2 is 1.89 bits per heavy atom. The van der Waals surface area contributed by atoms with Crippen molar-refractivity contribution in [3.63, 3.8) is 0 Å². The third-order valence-corrected chi connectivity index (χ3v) is 4.41. The molecule has 1 aromatic carbocycles. The Hall–Kier alpha value is -1.13. The summed E-state index contributed by atoms with van der Waals surface area (Å²) >= 11 is 0. The Kier molecular flexibility index (Phi) is 2.99. The molecule has 18 heavy (non-hydrogen) atoms. The third kappa shape index (κ3) is 2.10. The lowest BCUT2D eigenvalue weighted by Crippen LogP contribution is -2.66. The zero-order valence-corrected chi connectivity index (χ0v) is 10.9. The van der Waals surface area contributed by atoms with Crippen molar-refractivity contribution in [1.82, 2.24) is 4.90 Å². The van der Waals surface area contributed by atoms with Crippen molar-refractivity contribution < 1.29 is 13.6 Å². The van der Waals surface area contributed by atoms with Crippen LogP contribution in [0.2, 0.25) is 0 Å². The monoisotopic (exact) mass is 251 g/mol. The van der Waals surface area contributed by atoms with Gasteiger partial charge in [-0.05, 0) is 18.2 Å². The van der Waals surface area contributed by atoms with Gasteiger partial charge in [0.2, 0.25) is 0 Å². The van der Waals surface area contributed by atoms with Gasteiger partial charge in [-0.2, -0.15) is 0 Å². The molecule has 0 N–H and O–H groups in total. The van der Waals surface area contributed by atoms with Crippen molar-refractivity contribution in [2.45, 2.75) is 6.54 Å². The summed E-state index contributed by atoms with van der Waals surface area (Å²) in [4.78, 5) is 2.52. The molecule has 0 saturated carbocycles. The van der Waals surface area contributed by atoms with Gasteiger partial charge in [0.05, 0.1) is 26.7 Å². The number of nitrogens with zero attached hydrogens (tertiary/aromatic N) is 2. The van der Waals surface area contributed by atoms with E-state index in [1.165, 1.54) is 46.4 Å². The van der Waals surface area contributed by atoms with Gasteiger partial charge in [-0.1, -0.05) is 0 Å². The number of quaternary nitrogens is 1. The number of ether oxygens (including phenoxy) is 1. The van der Waals surface area contributed by atoms with Crippen LogP contribution in [0.1, 0.15) is 5.56 Å². The van der Waals surface area contributed by atoms with E-state index >= 15 is 0 Å². The maximum atomic E-state index is 13.7. The molecule has 2 bridgehead atoms. The first-order valence-corrected chi connectivity index (χ1v) is 6.61. The van der Waals surface area contributed by atoms with Crippen molar-refractivity contribution in [2.24, 2.45) is 0 Å². The largest absolute Gasteiger partial charge is 0.494 e. The number of halogens is 1. The highest BCUT2D eigenvalue weighted by Gasteiger charge is 2.38. The summed E-state index contributed by atoms with van der Waals surface area (Å²) in [5.74, 6) is 0.0889. The molecule has 3 fully saturated rings. The molecule has 3 saturated heterocycles. The minimum Gasteiger partial charge on any atom is -0.494 e. The lowest BCUT2D eigenvalue weighted by atomic mass is 10.1. The predicted octanol–water partition coefficient (Wildman–Crippen LogP) is 1.48. The first kappa shape index (κ1) is 11.9. The van der Waals surface area contributed by atoms with E-state index in [0.29, 0.717) is 5.75 Å². The normalized spacial score (nSPS) is 30.4. The third-order valence-electron chi connectivity index (χ3n) is 4.41. The summed E-state index contributed by atoms with van der Waals surface area (Å²) < 4.78 is 19.8. The average molecular weight is 251 g/mol. The maximum absolute atomic E-state index is 13.7. The molecule has 3 aliphatic heterocycles. The van der Waals surface area contributed by atoms with Crippen molar-refractivity contribution in [2.75, 3.05) is 46.4 Å². The van der Waals surface area contributed by atoms with Crippen LogP contribution in [0.3, 0.4) is 0 Å². The maximum Gasteiger partial charge on any atom is 0.165 e. The highest BCUT2D eigenvalue weighted by atomic mass is 19.1. The second kappa shape index (κ2) is 4.52. The van der Waals surface area contributed by atoms with E-state index in [1.807, 2.05) is 6.07 Å². The molecule has 0 unspecified atom stereocenters. The zero-order valence-electron chi connectivity index (χ0n) is 10.9. The van der Waals surface area contributed by atoms with Gasteiger partial charge in [0.15, 0.2) is 11.6 Å². The summed E-state index contributed by atoms with van der Waals surface area (Å²) in [6, 6.07) is 5.37. The molecule has 0 spiro atoms. The summed E-state index contributed by atoms with van der Waals surface area (Å²) in [6.45, 7) is 8.14. The van der Waals surface area contributed by atoms with Crippen LogP contribution in [0.5, 0.6) is 5.75 Å². The molecule has 98 valence electrons. The zero-order chi connectivity index (χ0) is 12.6. The molecular formula is C14H20FN2O+. The Balaban J connectivity index is 1.77. The number of rotatable bonds is 3. The molecule has 3 aliphatic rings. The average Bonchev–Trinajstić information content (AvgIpc) is 2.40. The minimum absolute atomic E-state index is 0.246. The van der Waals surface area contributed by atoms with Gasteiger partial charge in [-0.3, -0.25) is 4.90 Å². The molecule has 4 heteroatoms. The van der Waals surface area contributed by atoms with Crippen LogP contribution in [0.4, 0.5) is 4.39 Å². The van der Waals surface area contributed by atoms with E-state index < -0.39 is 0 Å². The molecule has 0 atom stereocenters. The van der Waals surface area contributed by atoms with Crippen molar-refractivity contribution >= 4 is 0 Å². The summed E-state index contributed by atoms with van der Waals surface area (Å²) in [6.07, 6.45) is 0. The molecular weight excluding hydrogens is 231 g/mol. The van der Waals surface area contributed by atoms with Crippen LogP contribution < -0.4 is 4.74 Å². The van der Waals surface area contributed by atoms with Crippen LogP contribution in [-0.2, 0) is 6.54 Å². The molecule has 0 aromatic heterocycles. The number of hydrogen-bond acceptors (Lipinski definition) is 2. The van der Waals surface area contributed by atoms with Crippen LogP contribution in [0.25, 0.3) is 0 Å². The quantitative estimate of drug-likeness (QED) is 0.755. The van der Waals surface area contributed by atoms with Crippen molar-refractivity contribution in [3.05, 3.63) is 29.6 Å². The molecule has 0 radical (unpaired) electrons. The minimum atomic E-state index is -0.246. The van der Waals surface area contributed by atoms with Crippen LogP contribution >= 0.6 is 0 Å². The van der Waals surface area contributed by atoms with Crippen LogP contribution in [-0.4, -0.2) is 55.8 Å². The van der Waals surface area contributed by atoms with Crippen LogP contribution in [0.15, 0.2) is 18.2 Å². The number of methoxy groups -OCH3 is 1. The first-order valence-electron chi connectivity index (χ1n) is 6.61. The standard InChI is InChI=1S/C14H20FN2O/c1-18-14-3-2-12(10-13(14)15)11-17-7-4-16(5-8-17)6-9-17/h2-3,10H,4-9,11H2,1H3/q+1. The fourth-order valence-corrected chi connectivity index (χ4v) is 3.16. The molecule has 0 aliphatic carbocycles. The SMILES string of the molecule is COc1ccc(C[N+]23CCN(CC2)CC3)cc1F. The molecule has 0 amide bonds. The van der Waals surface area contributed by atoms with E-state index in [9.17, 15) is 4.39 Å². The Morgan fingerprint density at radius 3 is 2.44 bits per heavy atom. The van der Waals surface area contributed by atoms with Crippen molar-refractivity contribution in [1.29, 1.82) is 0 Å². The molecule has 4 rings (SSSR count). The topological polar surface area (TPSA) is 12.5 Å². The predicted molar refractivity (Wildman–Crippen MR) is 68.0 cm³/mol. The Bertz CT molecular complexity index is 428. The van der Waals surface area contributed by atoms with Crippen molar-refractivity contribution in [3.8, 4) is 5.75 Å². The van der Waals surface area contributed by atoms with E-state index in [1.54, 1.807) is 12.1 Å². The van der Waals surface area contributed by atoms with Gasteiger partial charge in [-0.15, -0.1) is 0 Å². The highest BCUT2D eigenvalue weighted by Crippen LogP contribution is 2.25. The number of hydrogen-bond donors (Lipinski definition) is 0. The molecule has 3 nitrogen and oxygen atoms in total. The number of fused-ring (bicyclic) bond motifs is 3. The van der Waals surface area contributed by atoms with E-state index in [4.69, 9.17) is 4.74 Å². The van der Waals surface area contributed by atoms with E-state index in [-0.39, 0.29) is 5.82 Å². The first-order chi connectivity index (χ1) is 8.71. The van der Waals surface area contributed by atoms with Gasteiger partial charge >= 0.3 is 0 Å². The number of benzene rings is 1. The smallest absolute Gasteiger partial charge is 0.165 e. The second-order valence-electron chi connectivity index (χ2n) is 5.48. The summed E-state index contributed by atoms with van der Waals surface area (Å²) in [5.41, 5.74) is 1.09. The second-order valence-corrected chi connectivity index (χ2v) is 5.48. The summed E-state index contributed by atoms with van der Waals surface area (Å²) in [7, 11) is 1.50.